The minimum atomic E-state index is 0.123. The molecule has 0 aliphatic carbocycles. The third-order valence-corrected chi connectivity index (χ3v) is 5.08. The quantitative estimate of drug-likeness (QED) is 0.871. The standard InChI is InChI=1S/C20H22N2O2/c1-24-18-9-5-8-16-12-17-14-21(13-15-6-3-2-4-7-15)10-11-22(17)20(23)19(16)18/h2-9,17H,10-14H2,1H3. The second-order valence-electron chi connectivity index (χ2n) is 6.57. The zero-order valence-electron chi connectivity index (χ0n) is 13.9. The molecule has 1 saturated heterocycles. The summed E-state index contributed by atoms with van der Waals surface area (Å²) in [4.78, 5) is 17.4. The fourth-order valence-electron chi connectivity index (χ4n) is 3.90. The van der Waals surface area contributed by atoms with Crippen molar-refractivity contribution in [2.45, 2.75) is 19.0 Å². The van der Waals surface area contributed by atoms with Gasteiger partial charge in [-0.1, -0.05) is 42.5 Å². The lowest BCUT2D eigenvalue weighted by molar-refractivity contribution is 0.0398. The Labute approximate surface area is 142 Å². The van der Waals surface area contributed by atoms with E-state index in [-0.39, 0.29) is 11.9 Å². The first-order valence-corrected chi connectivity index (χ1v) is 8.49. The number of rotatable bonds is 3. The number of amides is 1. The first kappa shape index (κ1) is 15.2. The molecule has 24 heavy (non-hydrogen) atoms. The molecule has 2 aromatic rings. The Kier molecular flexibility index (Phi) is 3.98. The number of fused-ring (bicyclic) bond motifs is 2. The lowest BCUT2D eigenvalue weighted by Crippen LogP contribution is -2.57. The molecule has 0 saturated carbocycles. The molecular weight excluding hydrogens is 300 g/mol. The summed E-state index contributed by atoms with van der Waals surface area (Å²) in [6.07, 6.45) is 0.906. The molecule has 2 heterocycles. The van der Waals surface area contributed by atoms with E-state index in [4.69, 9.17) is 4.74 Å². The van der Waals surface area contributed by atoms with E-state index in [0.29, 0.717) is 5.75 Å². The summed E-state index contributed by atoms with van der Waals surface area (Å²) in [5.74, 6) is 0.820. The number of methoxy groups -OCH3 is 1. The second kappa shape index (κ2) is 6.29. The number of nitrogens with zero attached hydrogens (tertiary/aromatic N) is 2. The molecule has 0 aromatic heterocycles. The molecule has 4 heteroatoms. The third kappa shape index (κ3) is 2.67. The molecule has 1 unspecified atom stereocenters. The highest BCUT2D eigenvalue weighted by molar-refractivity contribution is 5.99. The van der Waals surface area contributed by atoms with E-state index in [1.54, 1.807) is 7.11 Å². The summed E-state index contributed by atoms with van der Waals surface area (Å²) < 4.78 is 5.40. The van der Waals surface area contributed by atoms with E-state index in [9.17, 15) is 4.79 Å². The van der Waals surface area contributed by atoms with E-state index in [2.05, 4.69) is 35.2 Å². The Bertz CT molecular complexity index is 745. The number of benzene rings is 2. The van der Waals surface area contributed by atoms with Crippen molar-refractivity contribution in [3.05, 3.63) is 65.2 Å². The van der Waals surface area contributed by atoms with Crippen molar-refractivity contribution in [2.75, 3.05) is 26.7 Å². The number of hydrogen-bond acceptors (Lipinski definition) is 3. The Morgan fingerprint density at radius 1 is 1.08 bits per heavy atom. The number of ether oxygens (including phenoxy) is 1. The van der Waals surface area contributed by atoms with Gasteiger partial charge in [-0.25, -0.2) is 0 Å². The minimum Gasteiger partial charge on any atom is -0.496 e. The topological polar surface area (TPSA) is 32.8 Å². The number of hydrogen-bond donors (Lipinski definition) is 0. The van der Waals surface area contributed by atoms with E-state index < -0.39 is 0 Å². The average molecular weight is 322 g/mol. The summed E-state index contributed by atoms with van der Waals surface area (Å²) in [5, 5.41) is 0. The summed E-state index contributed by atoms with van der Waals surface area (Å²) in [5.41, 5.74) is 3.20. The van der Waals surface area contributed by atoms with Crippen LogP contribution in [0.2, 0.25) is 0 Å². The maximum absolute atomic E-state index is 12.9. The number of carbonyl (C=O) groups excluding carboxylic acids is 1. The van der Waals surface area contributed by atoms with E-state index in [0.717, 1.165) is 43.7 Å². The van der Waals surface area contributed by atoms with Gasteiger partial charge in [-0.15, -0.1) is 0 Å². The molecular formula is C20H22N2O2. The Balaban J connectivity index is 1.54. The molecule has 0 spiro atoms. The molecule has 4 rings (SSSR count). The maximum Gasteiger partial charge on any atom is 0.258 e. The van der Waals surface area contributed by atoms with Gasteiger partial charge in [0.05, 0.1) is 12.7 Å². The van der Waals surface area contributed by atoms with Crippen LogP contribution in [0.5, 0.6) is 5.75 Å². The van der Waals surface area contributed by atoms with Crippen molar-refractivity contribution in [2.24, 2.45) is 0 Å². The normalized spacial score (nSPS) is 20.5. The van der Waals surface area contributed by atoms with Crippen LogP contribution in [0, 0.1) is 0 Å². The van der Waals surface area contributed by atoms with Crippen LogP contribution in [0.15, 0.2) is 48.5 Å². The molecule has 2 aliphatic rings. The van der Waals surface area contributed by atoms with Crippen molar-refractivity contribution in [3.8, 4) is 5.75 Å². The van der Waals surface area contributed by atoms with Crippen LogP contribution in [0.1, 0.15) is 21.5 Å². The Morgan fingerprint density at radius 2 is 1.92 bits per heavy atom. The molecule has 0 N–H and O–H groups in total. The van der Waals surface area contributed by atoms with Crippen LogP contribution < -0.4 is 4.74 Å². The third-order valence-electron chi connectivity index (χ3n) is 5.08. The summed E-state index contributed by atoms with van der Waals surface area (Å²) >= 11 is 0. The Hall–Kier alpha value is -2.33. The van der Waals surface area contributed by atoms with Crippen molar-refractivity contribution in [1.82, 2.24) is 9.80 Å². The van der Waals surface area contributed by atoms with Crippen LogP contribution in [0.3, 0.4) is 0 Å². The molecule has 0 radical (unpaired) electrons. The molecule has 2 aliphatic heterocycles. The molecule has 4 nitrogen and oxygen atoms in total. The zero-order valence-corrected chi connectivity index (χ0v) is 13.9. The first-order valence-electron chi connectivity index (χ1n) is 8.49. The Morgan fingerprint density at radius 3 is 2.71 bits per heavy atom. The zero-order chi connectivity index (χ0) is 16.5. The van der Waals surface area contributed by atoms with Gasteiger partial charge in [0, 0.05) is 32.2 Å². The van der Waals surface area contributed by atoms with Crippen LogP contribution in [-0.4, -0.2) is 48.5 Å². The number of carbonyl (C=O) groups is 1. The predicted molar refractivity (Wildman–Crippen MR) is 93.2 cm³/mol. The van der Waals surface area contributed by atoms with Gasteiger partial charge >= 0.3 is 0 Å². The van der Waals surface area contributed by atoms with E-state index in [1.807, 2.05) is 23.1 Å². The molecule has 124 valence electrons. The summed E-state index contributed by atoms with van der Waals surface area (Å²) in [6, 6.07) is 16.7. The van der Waals surface area contributed by atoms with Gasteiger partial charge in [-0.05, 0) is 23.6 Å². The van der Waals surface area contributed by atoms with Gasteiger partial charge in [-0.2, -0.15) is 0 Å². The van der Waals surface area contributed by atoms with Gasteiger partial charge < -0.3 is 9.64 Å². The molecule has 1 atom stereocenters. The van der Waals surface area contributed by atoms with Crippen LogP contribution >= 0.6 is 0 Å². The minimum absolute atomic E-state index is 0.123. The maximum atomic E-state index is 12.9. The largest absolute Gasteiger partial charge is 0.496 e. The highest BCUT2D eigenvalue weighted by Gasteiger charge is 2.37. The fraction of sp³-hybridized carbons (Fsp3) is 0.350. The van der Waals surface area contributed by atoms with Crippen molar-refractivity contribution >= 4 is 5.91 Å². The monoisotopic (exact) mass is 322 g/mol. The number of piperazine rings is 1. The van der Waals surface area contributed by atoms with E-state index in [1.165, 1.54) is 5.56 Å². The summed E-state index contributed by atoms with van der Waals surface area (Å²) in [6.45, 7) is 3.58. The van der Waals surface area contributed by atoms with Crippen molar-refractivity contribution in [3.63, 3.8) is 0 Å². The lowest BCUT2D eigenvalue weighted by atomic mass is 9.91. The molecule has 0 bridgehead atoms. The van der Waals surface area contributed by atoms with E-state index >= 15 is 0 Å². The van der Waals surface area contributed by atoms with Gasteiger partial charge in [-0.3, -0.25) is 9.69 Å². The lowest BCUT2D eigenvalue weighted by Gasteiger charge is -2.44. The first-order chi connectivity index (χ1) is 11.8. The molecule has 1 fully saturated rings. The highest BCUT2D eigenvalue weighted by atomic mass is 16.5. The molecule has 2 aromatic carbocycles. The van der Waals surface area contributed by atoms with Crippen LogP contribution in [0.4, 0.5) is 0 Å². The second-order valence-corrected chi connectivity index (χ2v) is 6.57. The fourth-order valence-corrected chi connectivity index (χ4v) is 3.90. The predicted octanol–water partition coefficient (Wildman–Crippen LogP) is 2.58. The van der Waals surface area contributed by atoms with Gasteiger partial charge in [0.1, 0.15) is 5.75 Å². The highest BCUT2D eigenvalue weighted by Crippen LogP contribution is 2.32. The van der Waals surface area contributed by atoms with Gasteiger partial charge in [0.25, 0.3) is 5.91 Å². The van der Waals surface area contributed by atoms with Gasteiger partial charge in [0.2, 0.25) is 0 Å². The van der Waals surface area contributed by atoms with Crippen molar-refractivity contribution < 1.29 is 9.53 Å². The van der Waals surface area contributed by atoms with Crippen molar-refractivity contribution in [1.29, 1.82) is 0 Å². The summed E-state index contributed by atoms with van der Waals surface area (Å²) in [7, 11) is 1.63. The average Bonchev–Trinajstić information content (AvgIpc) is 2.62. The van der Waals surface area contributed by atoms with Crippen LogP contribution in [0.25, 0.3) is 0 Å². The smallest absolute Gasteiger partial charge is 0.258 e. The van der Waals surface area contributed by atoms with Crippen LogP contribution in [-0.2, 0) is 13.0 Å². The van der Waals surface area contributed by atoms with Gasteiger partial charge in [0.15, 0.2) is 0 Å². The SMILES string of the molecule is COc1cccc2c1C(=O)N1CCN(Cc3ccccc3)CC1C2. The molecule has 1 amide bonds.